The van der Waals surface area contributed by atoms with Crippen molar-refractivity contribution < 1.29 is 38.9 Å². The summed E-state index contributed by atoms with van der Waals surface area (Å²) in [6.45, 7) is 6.25. The summed E-state index contributed by atoms with van der Waals surface area (Å²) in [5, 5.41) is 22.5. The van der Waals surface area contributed by atoms with Crippen LogP contribution in [0.5, 0.6) is 23.0 Å². The van der Waals surface area contributed by atoms with Gasteiger partial charge in [0.2, 0.25) is 11.8 Å². The topological polar surface area (TPSA) is 169 Å². The van der Waals surface area contributed by atoms with Crippen molar-refractivity contribution in [2.45, 2.75) is 109 Å². The molecule has 5 N–H and O–H groups in total. The Hall–Kier alpha value is -3.92. The average molecular weight is 601 g/mol. The Morgan fingerprint density at radius 1 is 0.814 bits per heavy atom. The van der Waals surface area contributed by atoms with Gasteiger partial charge < -0.3 is 40.3 Å². The molecule has 2 unspecified atom stereocenters. The van der Waals surface area contributed by atoms with E-state index in [9.17, 15) is 19.8 Å². The molecule has 0 spiro atoms. The number of aromatic hydroxyl groups is 2. The number of hydrogen-bond acceptors (Lipinski definition) is 8. The van der Waals surface area contributed by atoms with E-state index in [2.05, 4.69) is 12.2 Å². The lowest BCUT2D eigenvalue weighted by atomic mass is 10.0. The highest BCUT2D eigenvalue weighted by Gasteiger charge is 2.36. The Labute approximate surface area is 255 Å². The maximum absolute atomic E-state index is 12.6. The fourth-order valence-electron chi connectivity index (χ4n) is 4.80. The predicted molar refractivity (Wildman–Crippen MR) is 167 cm³/mol. The average Bonchev–Trinajstić information content (AvgIpc) is 3.75. The van der Waals surface area contributed by atoms with Crippen LogP contribution in [0.4, 0.5) is 5.69 Å². The highest BCUT2D eigenvalue weighted by molar-refractivity contribution is 5.94. The Kier molecular flexibility index (Phi) is 18.8. The molecule has 0 aromatic heterocycles. The molecule has 0 aliphatic carbocycles. The minimum atomic E-state index is -0.707. The predicted octanol–water partition coefficient (Wildman–Crippen LogP) is 6.81. The van der Waals surface area contributed by atoms with Gasteiger partial charge >= 0.3 is 0 Å². The van der Waals surface area contributed by atoms with Gasteiger partial charge in [0.05, 0.1) is 17.9 Å². The number of phenolic OH excluding ortho intramolecular Hbond substituents is 2. The molecule has 1 fully saturated rings. The molecule has 10 heteroatoms. The maximum Gasteiger partial charge on any atom is 0.248 e. The van der Waals surface area contributed by atoms with Crippen molar-refractivity contribution in [2.24, 2.45) is 5.73 Å². The van der Waals surface area contributed by atoms with E-state index in [0.29, 0.717) is 18.6 Å². The summed E-state index contributed by atoms with van der Waals surface area (Å²) >= 11 is 0. The number of unbranched alkanes of at least 4 members (excludes halogenated alkanes) is 9. The minimum absolute atomic E-state index is 0.0321. The molecule has 2 aromatic rings. The molecule has 2 atom stereocenters. The van der Waals surface area contributed by atoms with Gasteiger partial charge in [-0.2, -0.15) is 0 Å². The molecule has 0 bridgehead atoms. The summed E-state index contributed by atoms with van der Waals surface area (Å²) in [5.41, 5.74) is 5.67. The molecule has 2 aromatic carbocycles. The fraction of sp³-hybridized carbons (Fsp3) is 0.515. The van der Waals surface area contributed by atoms with Crippen molar-refractivity contribution in [3.63, 3.8) is 0 Å². The monoisotopic (exact) mass is 600 g/mol. The van der Waals surface area contributed by atoms with E-state index in [-0.39, 0.29) is 40.2 Å². The third-order valence-corrected chi connectivity index (χ3v) is 7.06. The van der Waals surface area contributed by atoms with Gasteiger partial charge in [-0.15, -0.1) is 0 Å². The van der Waals surface area contributed by atoms with Crippen molar-refractivity contribution in [1.29, 1.82) is 0 Å². The van der Waals surface area contributed by atoms with Gasteiger partial charge in [0.15, 0.2) is 5.75 Å². The number of amides is 2. The zero-order valence-electron chi connectivity index (χ0n) is 25.4. The molecule has 2 amide bonds. The molecule has 3 rings (SSSR count). The van der Waals surface area contributed by atoms with Crippen molar-refractivity contribution in [1.82, 2.24) is 0 Å². The largest absolute Gasteiger partial charge is 0.508 e. The molecule has 43 heavy (non-hydrogen) atoms. The Morgan fingerprint density at radius 2 is 1.40 bits per heavy atom. The molecule has 1 saturated heterocycles. The number of anilines is 1. The van der Waals surface area contributed by atoms with E-state index in [1.807, 2.05) is 13.6 Å². The number of carbonyl (C=O) groups is 4. The van der Waals surface area contributed by atoms with Gasteiger partial charge in [0, 0.05) is 24.1 Å². The standard InChI is InChI=1S/C31H44N2O6.2CH2O/c1-2-3-4-5-6-7-8-9-10-13-28-29(39-28)14-11-12-15-30(36)33-26-21-23(34)16-17-27(26)38-25-19-22(31(32)37)18-24(35)20-25;2*1-2/h16-21,28-29,34-35H,2-15H2,1H3,(H2,32,37)(H,33,36);2*1H2. The van der Waals surface area contributed by atoms with Crippen molar-refractivity contribution in [3.8, 4) is 23.0 Å². The quantitative estimate of drug-likeness (QED) is 0.101. The lowest BCUT2D eigenvalue weighted by molar-refractivity contribution is -0.116. The summed E-state index contributed by atoms with van der Waals surface area (Å²) < 4.78 is 11.6. The minimum Gasteiger partial charge on any atom is -0.508 e. The van der Waals surface area contributed by atoms with Crippen molar-refractivity contribution in [3.05, 3.63) is 42.0 Å². The molecule has 0 radical (unpaired) electrons. The maximum atomic E-state index is 12.6. The number of carbonyl (C=O) groups excluding carboxylic acids is 4. The summed E-state index contributed by atoms with van der Waals surface area (Å²) in [6, 6.07) is 8.26. The molecule has 1 heterocycles. The fourth-order valence-corrected chi connectivity index (χ4v) is 4.80. The third-order valence-electron chi connectivity index (χ3n) is 7.06. The lowest BCUT2D eigenvalue weighted by Crippen LogP contribution is -2.12. The summed E-state index contributed by atoms with van der Waals surface area (Å²) in [4.78, 5) is 40.0. The van der Waals surface area contributed by atoms with E-state index < -0.39 is 5.91 Å². The van der Waals surface area contributed by atoms with Crippen LogP contribution in [-0.2, 0) is 19.1 Å². The first-order valence-electron chi connectivity index (χ1n) is 15.0. The SMILES string of the molecule is C=O.C=O.CCCCCCCCCCCC1OC1CCCCC(=O)Nc1cc(O)ccc1Oc1cc(O)cc(C(N)=O)c1. The molecule has 1 aliphatic heterocycles. The highest BCUT2D eigenvalue weighted by Crippen LogP contribution is 2.35. The highest BCUT2D eigenvalue weighted by atomic mass is 16.6. The summed E-state index contributed by atoms with van der Waals surface area (Å²) in [7, 11) is 0. The van der Waals surface area contributed by atoms with Crippen LogP contribution in [0.15, 0.2) is 36.4 Å². The molecule has 238 valence electrons. The van der Waals surface area contributed by atoms with Gasteiger partial charge in [-0.1, -0.05) is 71.1 Å². The number of nitrogens with two attached hydrogens (primary N) is 1. The smallest absolute Gasteiger partial charge is 0.248 e. The van der Waals surface area contributed by atoms with Crippen molar-refractivity contribution in [2.75, 3.05) is 5.32 Å². The van der Waals surface area contributed by atoms with Crippen LogP contribution in [-0.4, -0.2) is 47.8 Å². The molecule has 1 aliphatic rings. The van der Waals surface area contributed by atoms with Gasteiger partial charge in [0.25, 0.3) is 0 Å². The lowest BCUT2D eigenvalue weighted by Gasteiger charge is -2.13. The molecule has 10 nitrogen and oxygen atoms in total. The number of nitrogens with one attached hydrogen (secondary N) is 1. The van der Waals surface area contributed by atoms with Crippen LogP contribution in [0.1, 0.15) is 107 Å². The number of primary amides is 1. The second-order valence-electron chi connectivity index (χ2n) is 10.5. The van der Waals surface area contributed by atoms with Crippen LogP contribution in [0, 0.1) is 0 Å². The Bertz CT molecular complexity index is 1110. The van der Waals surface area contributed by atoms with Crippen LogP contribution in [0.25, 0.3) is 0 Å². The first-order chi connectivity index (χ1) is 20.9. The van der Waals surface area contributed by atoms with Crippen LogP contribution < -0.4 is 15.8 Å². The Morgan fingerprint density at radius 3 is 2.00 bits per heavy atom. The summed E-state index contributed by atoms with van der Waals surface area (Å²) in [6.07, 6.45) is 16.8. The van der Waals surface area contributed by atoms with Gasteiger partial charge in [-0.3, -0.25) is 9.59 Å². The number of benzene rings is 2. The van der Waals surface area contributed by atoms with Crippen LogP contribution in [0.3, 0.4) is 0 Å². The molecular weight excluding hydrogens is 552 g/mol. The first-order valence-corrected chi connectivity index (χ1v) is 15.0. The second-order valence-corrected chi connectivity index (χ2v) is 10.5. The Balaban J connectivity index is 0.00000221. The summed E-state index contributed by atoms with van der Waals surface area (Å²) in [5.74, 6) is -0.682. The van der Waals surface area contributed by atoms with E-state index in [1.54, 1.807) is 0 Å². The molecular formula is C33H48N2O8. The van der Waals surface area contributed by atoms with E-state index in [0.717, 1.165) is 25.7 Å². The normalized spacial score (nSPS) is 14.8. The van der Waals surface area contributed by atoms with Crippen LogP contribution in [0.2, 0.25) is 0 Å². The van der Waals surface area contributed by atoms with Crippen molar-refractivity contribution >= 4 is 31.1 Å². The first kappa shape index (κ1) is 37.1. The number of ether oxygens (including phenoxy) is 2. The second kappa shape index (κ2) is 21.7. The molecule has 0 saturated carbocycles. The van der Waals surface area contributed by atoms with Gasteiger partial charge in [-0.25, -0.2) is 0 Å². The number of epoxide rings is 1. The third kappa shape index (κ3) is 15.2. The van der Waals surface area contributed by atoms with E-state index in [1.165, 1.54) is 94.2 Å². The zero-order chi connectivity index (χ0) is 32.0. The van der Waals surface area contributed by atoms with Gasteiger partial charge in [-0.05, 0) is 43.5 Å². The van der Waals surface area contributed by atoms with E-state index in [4.69, 9.17) is 24.8 Å². The zero-order valence-corrected chi connectivity index (χ0v) is 25.4. The number of hydrogen-bond donors (Lipinski definition) is 4. The van der Waals surface area contributed by atoms with Gasteiger partial charge in [0.1, 0.15) is 30.8 Å². The number of phenols is 2. The number of rotatable bonds is 19. The van der Waals surface area contributed by atoms with E-state index >= 15 is 0 Å². The van der Waals surface area contributed by atoms with Crippen LogP contribution >= 0.6 is 0 Å².